The van der Waals surface area contributed by atoms with Gasteiger partial charge in [-0.3, -0.25) is 4.79 Å². The summed E-state index contributed by atoms with van der Waals surface area (Å²) in [6.45, 7) is 1.34. The van der Waals surface area contributed by atoms with Gasteiger partial charge in [0.05, 0.1) is 0 Å². The fourth-order valence-corrected chi connectivity index (χ4v) is 2.16. The number of hydrogen-bond donors (Lipinski definition) is 1. The smallest absolute Gasteiger partial charge is 0.406 e. The molecule has 0 aromatic heterocycles. The van der Waals surface area contributed by atoms with Crippen LogP contribution in [0.25, 0.3) is 0 Å². The number of alkyl halides is 3. The normalized spacial score (nSPS) is 16.5. The second-order valence-electron chi connectivity index (χ2n) is 4.88. The highest BCUT2D eigenvalue weighted by Crippen LogP contribution is 2.24. The summed E-state index contributed by atoms with van der Waals surface area (Å²) >= 11 is 0. The van der Waals surface area contributed by atoms with Gasteiger partial charge in [-0.05, 0) is 43.0 Å². The zero-order valence-corrected chi connectivity index (χ0v) is 11.3. The van der Waals surface area contributed by atoms with Crippen LogP contribution in [0.15, 0.2) is 24.3 Å². The van der Waals surface area contributed by atoms with Crippen molar-refractivity contribution < 1.29 is 27.4 Å². The van der Waals surface area contributed by atoms with Gasteiger partial charge in [0, 0.05) is 25.3 Å². The fourth-order valence-electron chi connectivity index (χ4n) is 2.16. The number of benzene rings is 1. The number of nitrogens with one attached hydrogen (secondary N) is 1. The lowest BCUT2D eigenvalue weighted by Gasteiger charge is -2.21. The van der Waals surface area contributed by atoms with Crippen molar-refractivity contribution in [3.8, 4) is 5.75 Å². The molecule has 0 aliphatic carbocycles. The van der Waals surface area contributed by atoms with Gasteiger partial charge in [-0.1, -0.05) is 0 Å². The summed E-state index contributed by atoms with van der Waals surface area (Å²) in [5.41, 5.74) is 0.446. The molecule has 1 aliphatic rings. The number of rotatable bonds is 4. The van der Waals surface area contributed by atoms with Gasteiger partial charge in [-0.25, -0.2) is 0 Å². The van der Waals surface area contributed by atoms with Crippen molar-refractivity contribution in [1.82, 2.24) is 0 Å². The van der Waals surface area contributed by atoms with Crippen LogP contribution in [0.5, 0.6) is 5.75 Å². The van der Waals surface area contributed by atoms with E-state index in [1.54, 1.807) is 0 Å². The molecule has 0 radical (unpaired) electrons. The Balaban J connectivity index is 1.83. The van der Waals surface area contributed by atoms with Crippen LogP contribution in [-0.2, 0) is 9.53 Å². The zero-order chi connectivity index (χ0) is 15.3. The van der Waals surface area contributed by atoms with E-state index in [1.165, 1.54) is 12.1 Å². The maximum atomic E-state index is 12.0. The van der Waals surface area contributed by atoms with Crippen LogP contribution in [0.2, 0.25) is 0 Å². The van der Waals surface area contributed by atoms with Crippen molar-refractivity contribution in [2.75, 3.05) is 18.5 Å². The summed E-state index contributed by atoms with van der Waals surface area (Å²) in [5, 5.41) is 2.66. The van der Waals surface area contributed by atoms with Gasteiger partial charge in [0.2, 0.25) is 5.91 Å². The average Bonchev–Trinajstić information content (AvgIpc) is 2.40. The van der Waals surface area contributed by atoms with Crippen molar-refractivity contribution in [3.05, 3.63) is 24.3 Å². The van der Waals surface area contributed by atoms with Gasteiger partial charge in [0.1, 0.15) is 5.75 Å². The Morgan fingerprint density at radius 1 is 1.24 bits per heavy atom. The van der Waals surface area contributed by atoms with Crippen LogP contribution in [0, 0.1) is 5.92 Å². The quantitative estimate of drug-likeness (QED) is 0.928. The third-order valence-corrected chi connectivity index (χ3v) is 3.19. The molecule has 0 atom stereocenters. The minimum Gasteiger partial charge on any atom is -0.406 e. The topological polar surface area (TPSA) is 47.6 Å². The lowest BCUT2D eigenvalue weighted by atomic mass is 9.96. The molecule has 1 saturated heterocycles. The molecule has 1 amide bonds. The molecule has 0 saturated carbocycles. The second kappa shape index (κ2) is 6.80. The monoisotopic (exact) mass is 303 g/mol. The first-order valence-electron chi connectivity index (χ1n) is 6.66. The van der Waals surface area contributed by atoms with Crippen LogP contribution in [0.4, 0.5) is 18.9 Å². The van der Waals surface area contributed by atoms with E-state index < -0.39 is 6.36 Å². The molecule has 2 rings (SSSR count). The first kappa shape index (κ1) is 15.6. The summed E-state index contributed by atoms with van der Waals surface area (Å²) in [4.78, 5) is 11.8. The van der Waals surface area contributed by atoms with Gasteiger partial charge in [0.25, 0.3) is 0 Å². The molecule has 116 valence electrons. The van der Waals surface area contributed by atoms with Gasteiger partial charge in [-0.2, -0.15) is 0 Å². The number of carbonyl (C=O) groups excluding carboxylic acids is 1. The summed E-state index contributed by atoms with van der Waals surface area (Å²) in [6.07, 6.45) is -2.62. The van der Waals surface area contributed by atoms with Crippen molar-refractivity contribution in [3.63, 3.8) is 0 Å². The van der Waals surface area contributed by atoms with E-state index in [2.05, 4.69) is 10.1 Å². The highest BCUT2D eigenvalue weighted by Gasteiger charge is 2.31. The Morgan fingerprint density at radius 3 is 2.43 bits per heavy atom. The number of halogens is 3. The Bertz CT molecular complexity index is 467. The molecule has 0 unspecified atom stereocenters. The van der Waals surface area contributed by atoms with E-state index in [-0.39, 0.29) is 11.7 Å². The fraction of sp³-hybridized carbons (Fsp3) is 0.500. The average molecular weight is 303 g/mol. The molecule has 1 N–H and O–H groups in total. The predicted molar refractivity (Wildman–Crippen MR) is 69.9 cm³/mol. The number of anilines is 1. The number of amides is 1. The van der Waals surface area contributed by atoms with E-state index in [0.29, 0.717) is 31.2 Å². The minimum atomic E-state index is -4.71. The predicted octanol–water partition coefficient (Wildman–Crippen LogP) is 3.34. The molecule has 1 aromatic rings. The molecule has 0 spiro atoms. The van der Waals surface area contributed by atoms with Crippen LogP contribution in [0.1, 0.15) is 19.3 Å². The van der Waals surface area contributed by atoms with Crippen LogP contribution < -0.4 is 10.1 Å². The molecule has 4 nitrogen and oxygen atoms in total. The lowest BCUT2D eigenvalue weighted by molar-refractivity contribution is -0.274. The van der Waals surface area contributed by atoms with Gasteiger partial charge >= 0.3 is 6.36 Å². The maximum Gasteiger partial charge on any atom is 0.573 e. The molecular weight excluding hydrogens is 287 g/mol. The lowest BCUT2D eigenvalue weighted by Crippen LogP contribution is -2.22. The van der Waals surface area contributed by atoms with Crippen LogP contribution in [-0.4, -0.2) is 25.5 Å². The molecule has 1 heterocycles. The Hall–Kier alpha value is -1.76. The molecule has 21 heavy (non-hydrogen) atoms. The van der Waals surface area contributed by atoms with E-state index >= 15 is 0 Å². The largest absolute Gasteiger partial charge is 0.573 e. The minimum absolute atomic E-state index is 0.147. The van der Waals surface area contributed by atoms with E-state index in [4.69, 9.17) is 4.74 Å². The molecular formula is C14H16F3NO3. The third-order valence-electron chi connectivity index (χ3n) is 3.19. The first-order chi connectivity index (χ1) is 9.92. The van der Waals surface area contributed by atoms with Gasteiger partial charge < -0.3 is 14.8 Å². The highest BCUT2D eigenvalue weighted by atomic mass is 19.4. The van der Waals surface area contributed by atoms with Crippen molar-refractivity contribution in [2.45, 2.75) is 25.6 Å². The van der Waals surface area contributed by atoms with Crippen molar-refractivity contribution >= 4 is 11.6 Å². The second-order valence-corrected chi connectivity index (χ2v) is 4.88. The molecule has 0 bridgehead atoms. The molecule has 1 aromatic carbocycles. The summed E-state index contributed by atoms with van der Waals surface area (Å²) in [6, 6.07) is 5.08. The van der Waals surface area contributed by atoms with Gasteiger partial charge in [0.15, 0.2) is 0 Å². The molecule has 7 heteroatoms. The Labute approximate surface area is 120 Å². The number of ether oxygens (including phenoxy) is 2. The summed E-state index contributed by atoms with van der Waals surface area (Å²) < 4.78 is 45.0. The number of hydrogen-bond acceptors (Lipinski definition) is 3. The maximum absolute atomic E-state index is 12.0. The van der Waals surface area contributed by atoms with Crippen molar-refractivity contribution in [1.29, 1.82) is 0 Å². The summed E-state index contributed by atoms with van der Waals surface area (Å²) in [5.74, 6) is -0.164. The third kappa shape index (κ3) is 5.63. The van der Waals surface area contributed by atoms with Gasteiger partial charge in [-0.15, -0.1) is 13.2 Å². The summed E-state index contributed by atoms with van der Waals surface area (Å²) in [7, 11) is 0. The SMILES string of the molecule is O=C(CC1CCOCC1)Nc1ccc(OC(F)(F)F)cc1. The van der Waals surface area contributed by atoms with Crippen LogP contribution >= 0.6 is 0 Å². The van der Waals surface area contributed by atoms with Crippen molar-refractivity contribution in [2.24, 2.45) is 5.92 Å². The van der Waals surface area contributed by atoms with E-state index in [9.17, 15) is 18.0 Å². The first-order valence-corrected chi connectivity index (χ1v) is 6.66. The Kier molecular flexibility index (Phi) is 5.06. The van der Waals surface area contributed by atoms with Crippen LogP contribution in [0.3, 0.4) is 0 Å². The molecule has 1 fully saturated rings. The standard InChI is InChI=1S/C14H16F3NO3/c15-14(16,17)21-12-3-1-11(2-4-12)18-13(19)9-10-5-7-20-8-6-10/h1-4,10H,5-9H2,(H,18,19). The number of carbonyl (C=O) groups is 1. The van der Waals surface area contributed by atoms with E-state index in [0.717, 1.165) is 25.0 Å². The highest BCUT2D eigenvalue weighted by molar-refractivity contribution is 5.90. The molecule has 1 aliphatic heterocycles. The Morgan fingerprint density at radius 2 is 1.86 bits per heavy atom. The zero-order valence-electron chi connectivity index (χ0n) is 11.3. The van der Waals surface area contributed by atoms with E-state index in [1.807, 2.05) is 0 Å².